The molecule has 1 aliphatic heterocycles. The first-order valence-corrected chi connectivity index (χ1v) is 7.03. The van der Waals surface area contributed by atoms with Crippen LogP contribution in [0.25, 0.3) is 0 Å². The lowest BCUT2D eigenvalue weighted by Gasteiger charge is -2.14. The maximum absolute atomic E-state index is 12.5. The zero-order valence-electron chi connectivity index (χ0n) is 12.6. The zero-order chi connectivity index (χ0) is 17.3. The van der Waals surface area contributed by atoms with Crippen LogP contribution in [-0.2, 0) is 9.53 Å². The Balaban J connectivity index is 1.96. The van der Waals surface area contributed by atoms with Crippen molar-refractivity contribution in [2.24, 2.45) is 0 Å². The van der Waals surface area contributed by atoms with Gasteiger partial charge in [0.1, 0.15) is 0 Å². The molecule has 0 fully saturated rings. The number of hydrogen-bond acceptors (Lipinski definition) is 6. The number of amides is 1. The van der Waals surface area contributed by atoms with E-state index in [0.29, 0.717) is 11.1 Å². The summed E-state index contributed by atoms with van der Waals surface area (Å²) in [5.74, 6) is -2.45. The highest BCUT2D eigenvalue weighted by Gasteiger charge is 2.38. The summed E-state index contributed by atoms with van der Waals surface area (Å²) in [7, 11) is 1.27. The summed E-state index contributed by atoms with van der Waals surface area (Å²) in [5, 5.41) is 12.5. The van der Waals surface area contributed by atoms with Gasteiger partial charge in [-0.2, -0.15) is 0 Å². The van der Waals surface area contributed by atoms with Crippen LogP contribution in [0.4, 0.5) is 0 Å². The van der Waals surface area contributed by atoms with E-state index in [1.165, 1.54) is 37.6 Å². The predicted molar refractivity (Wildman–Crippen MR) is 81.4 cm³/mol. The van der Waals surface area contributed by atoms with E-state index < -0.39 is 29.5 Å². The molecule has 0 saturated carbocycles. The predicted octanol–water partition coefficient (Wildman–Crippen LogP) is 1.93. The number of benzene rings is 1. The van der Waals surface area contributed by atoms with Crippen LogP contribution in [0.3, 0.4) is 0 Å². The minimum absolute atomic E-state index is 0.0178. The lowest BCUT2D eigenvalue weighted by Crippen LogP contribution is -2.23. The summed E-state index contributed by atoms with van der Waals surface area (Å²) in [6, 6.07) is 8.32. The van der Waals surface area contributed by atoms with Gasteiger partial charge < -0.3 is 19.6 Å². The minimum Gasteiger partial charge on any atom is -0.503 e. The molecule has 1 amide bonds. The summed E-state index contributed by atoms with van der Waals surface area (Å²) in [6.07, 6.45) is 1.33. The van der Waals surface area contributed by atoms with E-state index in [0.717, 1.165) is 0 Å². The monoisotopic (exact) mass is 327 g/mol. The number of nitrogens with one attached hydrogen (secondary N) is 1. The number of carbonyl (C=O) groups excluding carboxylic acids is 3. The van der Waals surface area contributed by atoms with Crippen molar-refractivity contribution in [2.45, 2.75) is 6.04 Å². The first kappa shape index (κ1) is 15.5. The van der Waals surface area contributed by atoms with Gasteiger partial charge in [0, 0.05) is 0 Å². The number of esters is 1. The van der Waals surface area contributed by atoms with Crippen molar-refractivity contribution in [1.82, 2.24) is 5.32 Å². The van der Waals surface area contributed by atoms with E-state index in [2.05, 4.69) is 10.1 Å². The minimum atomic E-state index is -0.832. The molecular formula is C17H13NO6. The second-order valence-electron chi connectivity index (χ2n) is 5.09. The van der Waals surface area contributed by atoms with Crippen LogP contribution < -0.4 is 5.32 Å². The first-order valence-electron chi connectivity index (χ1n) is 7.03. The third kappa shape index (κ3) is 2.56. The second-order valence-corrected chi connectivity index (χ2v) is 5.09. The Kier molecular flexibility index (Phi) is 3.91. The van der Waals surface area contributed by atoms with E-state index in [1.807, 2.05) is 0 Å². The SMILES string of the molecule is COC(=O)c1ccc([C@@H]2NC(=O)C(O)=C2C(=O)c2ccco2)cc1. The van der Waals surface area contributed by atoms with Crippen LogP contribution in [0.15, 0.2) is 58.4 Å². The average Bonchev–Trinajstić information content (AvgIpc) is 3.23. The Morgan fingerprint density at radius 2 is 1.92 bits per heavy atom. The highest BCUT2D eigenvalue weighted by Crippen LogP contribution is 2.32. The van der Waals surface area contributed by atoms with Gasteiger partial charge in [-0.1, -0.05) is 12.1 Å². The van der Waals surface area contributed by atoms with E-state index in [-0.39, 0.29) is 11.3 Å². The Bertz CT molecular complexity index is 832. The van der Waals surface area contributed by atoms with E-state index in [4.69, 9.17) is 4.42 Å². The van der Waals surface area contributed by atoms with E-state index >= 15 is 0 Å². The normalized spacial score (nSPS) is 16.9. The molecule has 7 heteroatoms. The summed E-state index contributed by atoms with van der Waals surface area (Å²) >= 11 is 0. The molecule has 1 aromatic heterocycles. The van der Waals surface area contributed by atoms with Crippen LogP contribution >= 0.6 is 0 Å². The smallest absolute Gasteiger partial charge is 0.337 e. The van der Waals surface area contributed by atoms with Gasteiger partial charge in [-0.25, -0.2) is 4.79 Å². The van der Waals surface area contributed by atoms with Gasteiger partial charge in [0.2, 0.25) is 5.78 Å². The Morgan fingerprint density at radius 3 is 2.50 bits per heavy atom. The number of hydrogen-bond donors (Lipinski definition) is 2. The zero-order valence-corrected chi connectivity index (χ0v) is 12.6. The van der Waals surface area contributed by atoms with E-state index in [1.54, 1.807) is 12.1 Å². The molecule has 0 radical (unpaired) electrons. The molecule has 24 heavy (non-hydrogen) atoms. The van der Waals surface area contributed by atoms with E-state index in [9.17, 15) is 19.5 Å². The molecule has 0 aliphatic carbocycles. The third-order valence-electron chi connectivity index (χ3n) is 3.69. The van der Waals surface area contributed by atoms with Gasteiger partial charge in [0.25, 0.3) is 5.91 Å². The van der Waals surface area contributed by atoms with Crippen LogP contribution in [0, 0.1) is 0 Å². The number of carbonyl (C=O) groups is 3. The van der Waals surface area contributed by atoms with Gasteiger partial charge >= 0.3 is 5.97 Å². The number of Topliss-reactive ketones (excluding diaryl/α,β-unsaturated/α-hetero) is 1. The molecule has 2 heterocycles. The molecule has 1 atom stereocenters. The van der Waals surface area contributed by atoms with Crippen LogP contribution in [0.2, 0.25) is 0 Å². The lowest BCUT2D eigenvalue weighted by molar-refractivity contribution is -0.119. The second kappa shape index (κ2) is 6.04. The number of aliphatic hydroxyl groups is 1. The largest absolute Gasteiger partial charge is 0.503 e. The average molecular weight is 327 g/mol. The van der Waals surface area contributed by atoms with Crippen LogP contribution in [-0.4, -0.2) is 29.9 Å². The van der Waals surface area contributed by atoms with Crippen molar-refractivity contribution in [1.29, 1.82) is 0 Å². The number of ketones is 1. The fourth-order valence-corrected chi connectivity index (χ4v) is 2.49. The van der Waals surface area contributed by atoms with Crippen molar-refractivity contribution in [3.05, 3.63) is 70.9 Å². The van der Waals surface area contributed by atoms with Crippen molar-refractivity contribution in [2.75, 3.05) is 7.11 Å². The van der Waals surface area contributed by atoms with Gasteiger partial charge in [-0.05, 0) is 29.8 Å². The van der Waals surface area contributed by atoms with Gasteiger partial charge in [-0.3, -0.25) is 9.59 Å². The maximum Gasteiger partial charge on any atom is 0.337 e. The lowest BCUT2D eigenvalue weighted by atomic mass is 9.95. The summed E-state index contributed by atoms with van der Waals surface area (Å²) in [5.41, 5.74) is 0.772. The molecule has 122 valence electrons. The fraction of sp³-hybridized carbons (Fsp3) is 0.118. The van der Waals surface area contributed by atoms with Gasteiger partial charge in [0.15, 0.2) is 11.5 Å². The standard InChI is InChI=1S/C17H13NO6/c1-23-17(22)10-6-4-9(5-7-10)13-12(15(20)16(21)18-13)14(19)11-3-2-8-24-11/h2-8,13,20H,1H3,(H,18,21)/t13-/m0/s1. The molecule has 2 N–H and O–H groups in total. The molecule has 0 bridgehead atoms. The van der Waals surface area contributed by atoms with Crippen molar-refractivity contribution in [3.8, 4) is 0 Å². The van der Waals surface area contributed by atoms with Crippen LogP contribution in [0.1, 0.15) is 32.5 Å². The first-order chi connectivity index (χ1) is 11.5. The quantitative estimate of drug-likeness (QED) is 0.656. The van der Waals surface area contributed by atoms with Crippen molar-refractivity contribution >= 4 is 17.7 Å². The Labute approximate surface area is 136 Å². The molecule has 2 aromatic rings. The van der Waals surface area contributed by atoms with Gasteiger partial charge in [0.05, 0.1) is 30.6 Å². The summed E-state index contributed by atoms with van der Waals surface area (Å²) in [4.78, 5) is 35.7. The van der Waals surface area contributed by atoms with Crippen molar-refractivity contribution < 1.29 is 28.6 Å². The molecular weight excluding hydrogens is 314 g/mol. The fourth-order valence-electron chi connectivity index (χ4n) is 2.49. The third-order valence-corrected chi connectivity index (χ3v) is 3.69. The number of methoxy groups -OCH3 is 1. The molecule has 0 unspecified atom stereocenters. The number of ether oxygens (including phenoxy) is 1. The highest BCUT2D eigenvalue weighted by atomic mass is 16.5. The number of furan rings is 1. The number of rotatable bonds is 4. The molecule has 1 aromatic carbocycles. The maximum atomic E-state index is 12.5. The van der Waals surface area contributed by atoms with Crippen molar-refractivity contribution in [3.63, 3.8) is 0 Å². The number of aliphatic hydroxyl groups excluding tert-OH is 1. The molecule has 7 nitrogen and oxygen atoms in total. The highest BCUT2D eigenvalue weighted by molar-refractivity contribution is 6.15. The topological polar surface area (TPSA) is 106 Å². The molecule has 0 spiro atoms. The van der Waals surface area contributed by atoms with Crippen LogP contribution in [0.5, 0.6) is 0 Å². The Morgan fingerprint density at radius 1 is 1.21 bits per heavy atom. The Hall–Kier alpha value is -3.35. The summed E-state index contributed by atoms with van der Waals surface area (Å²) < 4.78 is 9.67. The molecule has 0 saturated heterocycles. The summed E-state index contributed by atoms with van der Waals surface area (Å²) in [6.45, 7) is 0. The molecule has 3 rings (SSSR count). The molecule has 1 aliphatic rings. The van der Waals surface area contributed by atoms with Gasteiger partial charge in [-0.15, -0.1) is 0 Å².